The molecule has 0 aliphatic carbocycles. The number of nitrogens with zero attached hydrogens (tertiary/aromatic N) is 4. The highest BCUT2D eigenvalue weighted by Crippen LogP contribution is 2.11. The highest BCUT2D eigenvalue weighted by Gasteiger charge is 2.26. The Morgan fingerprint density at radius 1 is 1.45 bits per heavy atom. The molecule has 1 aromatic rings. The lowest BCUT2D eigenvalue weighted by Crippen LogP contribution is -2.50. The summed E-state index contributed by atoms with van der Waals surface area (Å²) in [6, 6.07) is 0. The fourth-order valence-electron chi connectivity index (χ4n) is 2.63. The lowest BCUT2D eigenvalue weighted by molar-refractivity contribution is -0.144. The maximum absolute atomic E-state index is 12.3. The van der Waals surface area contributed by atoms with E-state index in [1.54, 1.807) is 4.68 Å². The Morgan fingerprint density at radius 2 is 2.10 bits per heavy atom. The van der Waals surface area contributed by atoms with Gasteiger partial charge in [0.25, 0.3) is 0 Å². The van der Waals surface area contributed by atoms with E-state index in [4.69, 9.17) is 4.74 Å². The van der Waals surface area contributed by atoms with Gasteiger partial charge in [-0.3, -0.25) is 14.4 Å². The summed E-state index contributed by atoms with van der Waals surface area (Å²) in [6.45, 7) is 6.54. The van der Waals surface area contributed by atoms with Crippen molar-refractivity contribution in [3.63, 3.8) is 0 Å². The van der Waals surface area contributed by atoms with Crippen molar-refractivity contribution in [2.75, 3.05) is 26.7 Å². The van der Waals surface area contributed by atoms with E-state index in [9.17, 15) is 4.79 Å². The van der Waals surface area contributed by atoms with Crippen molar-refractivity contribution in [2.24, 2.45) is 7.05 Å². The van der Waals surface area contributed by atoms with Crippen LogP contribution in [-0.2, 0) is 23.1 Å². The zero-order valence-corrected chi connectivity index (χ0v) is 12.7. The van der Waals surface area contributed by atoms with Crippen LogP contribution in [0, 0.1) is 0 Å². The number of aromatic nitrogens is 2. The quantitative estimate of drug-likeness (QED) is 0.805. The Morgan fingerprint density at radius 3 is 2.65 bits per heavy atom. The largest absolute Gasteiger partial charge is 0.372 e. The van der Waals surface area contributed by atoms with Crippen molar-refractivity contribution in [3.05, 3.63) is 18.0 Å². The highest BCUT2D eigenvalue weighted by atomic mass is 16.5. The third-order valence-electron chi connectivity index (χ3n) is 3.39. The molecule has 0 bridgehead atoms. The Labute approximate surface area is 120 Å². The van der Waals surface area contributed by atoms with Crippen LogP contribution in [0.3, 0.4) is 0 Å². The number of amides is 1. The Kier molecular flexibility index (Phi) is 4.77. The van der Waals surface area contributed by atoms with E-state index >= 15 is 0 Å². The third-order valence-corrected chi connectivity index (χ3v) is 3.39. The van der Waals surface area contributed by atoms with Crippen molar-refractivity contribution in [1.29, 1.82) is 0 Å². The molecule has 6 nitrogen and oxygen atoms in total. The number of likely N-dealkylation sites (N-methyl/N-ethyl adjacent to an activating group) is 1. The van der Waals surface area contributed by atoms with E-state index in [0.29, 0.717) is 19.6 Å². The van der Waals surface area contributed by atoms with E-state index in [1.807, 2.05) is 50.1 Å². The summed E-state index contributed by atoms with van der Waals surface area (Å²) in [5.41, 5.74) is 1.12. The van der Waals surface area contributed by atoms with Crippen LogP contribution >= 0.6 is 0 Å². The molecule has 0 spiro atoms. The second-order valence-corrected chi connectivity index (χ2v) is 5.75. The van der Waals surface area contributed by atoms with E-state index in [2.05, 4.69) is 5.10 Å². The van der Waals surface area contributed by atoms with Crippen LogP contribution in [0.15, 0.2) is 12.4 Å². The normalized spacial score (nSPS) is 23.4. The first-order valence-corrected chi connectivity index (χ1v) is 7.03. The predicted octanol–water partition coefficient (Wildman–Crippen LogP) is 0.488. The Bertz CT molecular complexity index is 450. The van der Waals surface area contributed by atoms with Crippen molar-refractivity contribution < 1.29 is 9.53 Å². The van der Waals surface area contributed by atoms with Gasteiger partial charge in [0.2, 0.25) is 5.91 Å². The van der Waals surface area contributed by atoms with Gasteiger partial charge in [-0.15, -0.1) is 0 Å². The average Bonchev–Trinajstić information content (AvgIpc) is 2.73. The molecule has 2 rings (SSSR count). The lowest BCUT2D eigenvalue weighted by atomic mass is 10.2. The van der Waals surface area contributed by atoms with Crippen LogP contribution < -0.4 is 0 Å². The number of rotatable bonds is 4. The van der Waals surface area contributed by atoms with Crippen molar-refractivity contribution in [3.8, 4) is 0 Å². The second-order valence-electron chi connectivity index (χ2n) is 5.75. The van der Waals surface area contributed by atoms with Gasteiger partial charge < -0.3 is 9.64 Å². The molecule has 1 aliphatic heterocycles. The molecule has 0 saturated carbocycles. The van der Waals surface area contributed by atoms with E-state index in [-0.39, 0.29) is 18.1 Å². The van der Waals surface area contributed by atoms with Crippen LogP contribution in [-0.4, -0.2) is 64.4 Å². The zero-order valence-electron chi connectivity index (χ0n) is 12.7. The number of morpholine rings is 1. The molecule has 0 N–H and O–H groups in total. The van der Waals surface area contributed by atoms with Crippen LogP contribution in [0.4, 0.5) is 0 Å². The summed E-state index contributed by atoms with van der Waals surface area (Å²) >= 11 is 0. The molecule has 2 heterocycles. The Balaban J connectivity index is 1.84. The molecule has 0 aromatic carbocycles. The van der Waals surface area contributed by atoms with Crippen molar-refractivity contribution in [2.45, 2.75) is 32.6 Å². The molecule has 112 valence electrons. The monoisotopic (exact) mass is 280 g/mol. The number of carbonyl (C=O) groups is 1. The van der Waals surface area contributed by atoms with Crippen LogP contribution in [0.25, 0.3) is 0 Å². The van der Waals surface area contributed by atoms with E-state index in [1.165, 1.54) is 0 Å². The van der Waals surface area contributed by atoms with Gasteiger partial charge in [-0.2, -0.15) is 5.10 Å². The first kappa shape index (κ1) is 15.0. The molecule has 1 aromatic heterocycles. The fraction of sp³-hybridized carbons (Fsp3) is 0.714. The molecule has 1 aliphatic rings. The number of aryl methyl sites for hydroxylation is 1. The molecule has 20 heavy (non-hydrogen) atoms. The lowest BCUT2D eigenvalue weighted by Gasteiger charge is -2.36. The molecule has 2 unspecified atom stereocenters. The van der Waals surface area contributed by atoms with Gasteiger partial charge in [-0.1, -0.05) is 0 Å². The maximum atomic E-state index is 12.3. The molecule has 0 radical (unpaired) electrons. The van der Waals surface area contributed by atoms with E-state index in [0.717, 1.165) is 12.1 Å². The van der Waals surface area contributed by atoms with Gasteiger partial charge in [-0.05, 0) is 20.9 Å². The molecule has 1 fully saturated rings. The molecule has 6 heteroatoms. The minimum absolute atomic E-state index is 0.117. The number of hydrogen-bond donors (Lipinski definition) is 0. The minimum atomic E-state index is 0.117. The Hall–Kier alpha value is -1.40. The standard InChI is InChI=1S/C14H24N4O2/c1-11-6-18(7-12(2)20-11)14(19)10-16(3)8-13-5-15-17(4)9-13/h5,9,11-12H,6-8,10H2,1-4H3. The molecule has 2 atom stereocenters. The summed E-state index contributed by atoms with van der Waals surface area (Å²) in [4.78, 5) is 16.2. The fourth-order valence-corrected chi connectivity index (χ4v) is 2.63. The number of ether oxygens (including phenoxy) is 1. The van der Waals surface area contributed by atoms with Gasteiger partial charge in [0.1, 0.15) is 0 Å². The van der Waals surface area contributed by atoms with Gasteiger partial charge >= 0.3 is 0 Å². The summed E-state index contributed by atoms with van der Waals surface area (Å²) in [6.07, 6.45) is 4.04. The molecular weight excluding hydrogens is 256 g/mol. The first-order chi connectivity index (χ1) is 9.44. The predicted molar refractivity (Wildman–Crippen MR) is 76.1 cm³/mol. The summed E-state index contributed by atoms with van der Waals surface area (Å²) in [7, 11) is 3.85. The SMILES string of the molecule is CC1CN(C(=O)CN(C)Cc2cnn(C)c2)CC(C)O1. The summed E-state index contributed by atoms with van der Waals surface area (Å²) in [5, 5.41) is 4.14. The topological polar surface area (TPSA) is 50.6 Å². The third kappa shape index (κ3) is 4.05. The van der Waals surface area contributed by atoms with E-state index < -0.39 is 0 Å². The minimum Gasteiger partial charge on any atom is -0.372 e. The van der Waals surface area contributed by atoms with Crippen LogP contribution in [0.1, 0.15) is 19.4 Å². The van der Waals surface area contributed by atoms with Gasteiger partial charge in [0, 0.05) is 38.4 Å². The van der Waals surface area contributed by atoms with Crippen LogP contribution in [0.2, 0.25) is 0 Å². The van der Waals surface area contributed by atoms with Crippen LogP contribution in [0.5, 0.6) is 0 Å². The zero-order chi connectivity index (χ0) is 14.7. The van der Waals surface area contributed by atoms with Crippen molar-refractivity contribution in [1.82, 2.24) is 19.6 Å². The van der Waals surface area contributed by atoms with Gasteiger partial charge in [-0.25, -0.2) is 0 Å². The molecule has 1 amide bonds. The van der Waals surface area contributed by atoms with Gasteiger partial charge in [0.15, 0.2) is 0 Å². The average molecular weight is 280 g/mol. The summed E-state index contributed by atoms with van der Waals surface area (Å²) in [5.74, 6) is 0.165. The maximum Gasteiger partial charge on any atom is 0.236 e. The number of hydrogen-bond acceptors (Lipinski definition) is 4. The second kappa shape index (κ2) is 6.37. The number of carbonyl (C=O) groups excluding carboxylic acids is 1. The van der Waals surface area contributed by atoms with Crippen molar-refractivity contribution >= 4 is 5.91 Å². The molecular formula is C14H24N4O2. The summed E-state index contributed by atoms with van der Waals surface area (Å²) < 4.78 is 7.43. The smallest absolute Gasteiger partial charge is 0.236 e. The first-order valence-electron chi connectivity index (χ1n) is 7.03. The van der Waals surface area contributed by atoms with Gasteiger partial charge in [0.05, 0.1) is 24.9 Å². The highest BCUT2D eigenvalue weighted by molar-refractivity contribution is 5.78. The molecule has 1 saturated heterocycles.